The van der Waals surface area contributed by atoms with Crippen LogP contribution in [-0.2, 0) is 17.9 Å². The minimum absolute atomic E-state index is 0.0865. The molecule has 10 heteroatoms. The van der Waals surface area contributed by atoms with Crippen LogP contribution >= 0.6 is 0 Å². The SMILES string of the molecule is NC1CN(Cc2c(F)cccc2F)C(c2ccc(=O)n(CCCO)c2)C(CCCO)(C(=O)O)C1. The second-order valence-electron chi connectivity index (χ2n) is 8.86. The molecule has 0 saturated carbocycles. The normalized spacial score (nSPS) is 23.2. The second kappa shape index (κ2) is 11.2. The third kappa shape index (κ3) is 5.35. The van der Waals surface area contributed by atoms with E-state index in [0.717, 1.165) is 12.1 Å². The maximum atomic E-state index is 14.5. The van der Waals surface area contributed by atoms with Gasteiger partial charge in [0.25, 0.3) is 5.56 Å². The molecule has 1 fully saturated rings. The van der Waals surface area contributed by atoms with Crippen molar-refractivity contribution in [1.82, 2.24) is 9.47 Å². The number of nitrogens with zero attached hydrogens (tertiary/aromatic N) is 2. The number of aryl methyl sites for hydroxylation is 1. The standard InChI is InChI=1S/C24H31F2N3O5/c25-19-4-1-5-20(26)18(19)15-29-14-17(27)12-24(23(33)34,8-2-10-30)22(29)16-6-7-21(32)28(13-16)9-3-11-31/h1,4-7,13,17,22,30-31H,2-3,8-12,14-15,27H2,(H,33,34). The number of benzene rings is 1. The molecule has 1 aliphatic rings. The molecule has 186 valence electrons. The van der Waals surface area contributed by atoms with Crippen molar-refractivity contribution in [2.75, 3.05) is 19.8 Å². The van der Waals surface area contributed by atoms with Crippen molar-refractivity contribution in [1.29, 1.82) is 0 Å². The minimum Gasteiger partial charge on any atom is -0.481 e. The maximum absolute atomic E-state index is 14.5. The van der Waals surface area contributed by atoms with Crippen LogP contribution in [0.4, 0.5) is 8.78 Å². The first kappa shape index (κ1) is 26.0. The summed E-state index contributed by atoms with van der Waals surface area (Å²) in [6.45, 7) is -0.157. The van der Waals surface area contributed by atoms with Crippen LogP contribution in [0.2, 0.25) is 0 Å². The highest BCUT2D eigenvalue weighted by atomic mass is 19.1. The van der Waals surface area contributed by atoms with Crippen molar-refractivity contribution in [3.8, 4) is 0 Å². The van der Waals surface area contributed by atoms with Crippen LogP contribution in [0.25, 0.3) is 0 Å². The number of nitrogens with two attached hydrogens (primary N) is 1. The molecule has 3 atom stereocenters. The number of aromatic nitrogens is 1. The number of aliphatic carboxylic acids is 1. The van der Waals surface area contributed by atoms with Crippen LogP contribution in [0, 0.1) is 17.0 Å². The first-order chi connectivity index (χ1) is 16.2. The van der Waals surface area contributed by atoms with Crippen molar-refractivity contribution in [3.63, 3.8) is 0 Å². The van der Waals surface area contributed by atoms with Crippen LogP contribution in [0.3, 0.4) is 0 Å². The summed E-state index contributed by atoms with van der Waals surface area (Å²) in [6.07, 6.45) is 2.25. The predicted octanol–water partition coefficient (Wildman–Crippen LogP) is 1.63. The van der Waals surface area contributed by atoms with E-state index in [9.17, 15) is 28.6 Å². The van der Waals surface area contributed by atoms with Gasteiger partial charge in [-0.05, 0) is 43.4 Å². The largest absolute Gasteiger partial charge is 0.481 e. The molecule has 0 radical (unpaired) electrons. The lowest BCUT2D eigenvalue weighted by Crippen LogP contribution is -2.57. The Labute approximate surface area is 196 Å². The highest BCUT2D eigenvalue weighted by Crippen LogP contribution is 2.49. The van der Waals surface area contributed by atoms with Gasteiger partial charge in [-0.2, -0.15) is 0 Å². The van der Waals surface area contributed by atoms with E-state index < -0.39 is 35.1 Å². The van der Waals surface area contributed by atoms with Crippen LogP contribution in [0.15, 0.2) is 41.3 Å². The van der Waals surface area contributed by atoms with Crippen LogP contribution in [0.5, 0.6) is 0 Å². The summed E-state index contributed by atoms with van der Waals surface area (Å²) in [5, 5.41) is 29.0. The summed E-state index contributed by atoms with van der Waals surface area (Å²) in [4.78, 5) is 26.7. The number of hydrogen-bond donors (Lipinski definition) is 4. The van der Waals surface area contributed by atoms with Gasteiger partial charge in [-0.1, -0.05) is 12.1 Å². The zero-order valence-electron chi connectivity index (χ0n) is 18.9. The Hall–Kier alpha value is -2.66. The first-order valence-corrected chi connectivity index (χ1v) is 11.3. The monoisotopic (exact) mass is 479 g/mol. The summed E-state index contributed by atoms with van der Waals surface area (Å²) < 4.78 is 30.4. The number of pyridine rings is 1. The Morgan fingerprint density at radius 1 is 1.12 bits per heavy atom. The highest BCUT2D eigenvalue weighted by molar-refractivity contribution is 5.76. The molecular weight excluding hydrogens is 448 g/mol. The second-order valence-corrected chi connectivity index (χ2v) is 8.86. The molecular formula is C24H31F2N3O5. The molecule has 0 spiro atoms. The van der Waals surface area contributed by atoms with Gasteiger partial charge in [0, 0.05) is 56.7 Å². The van der Waals surface area contributed by atoms with Gasteiger partial charge in [0.1, 0.15) is 11.6 Å². The Morgan fingerprint density at radius 3 is 2.41 bits per heavy atom. The summed E-state index contributed by atoms with van der Waals surface area (Å²) in [6, 6.07) is 4.94. The third-order valence-corrected chi connectivity index (χ3v) is 6.49. The topological polar surface area (TPSA) is 129 Å². The zero-order valence-corrected chi connectivity index (χ0v) is 18.9. The number of carbonyl (C=O) groups is 1. The van der Waals surface area contributed by atoms with Crippen LogP contribution < -0.4 is 11.3 Å². The molecule has 1 saturated heterocycles. The number of piperidine rings is 1. The summed E-state index contributed by atoms with van der Waals surface area (Å²) >= 11 is 0. The molecule has 2 aromatic rings. The van der Waals surface area contributed by atoms with Crippen molar-refractivity contribution in [2.45, 2.75) is 50.9 Å². The third-order valence-electron chi connectivity index (χ3n) is 6.49. The lowest BCUT2D eigenvalue weighted by Gasteiger charge is -2.50. The van der Waals surface area contributed by atoms with Crippen molar-refractivity contribution in [2.24, 2.45) is 11.1 Å². The molecule has 3 unspecified atom stereocenters. The quantitative estimate of drug-likeness (QED) is 0.408. The van der Waals surface area contributed by atoms with Crippen LogP contribution in [0.1, 0.15) is 42.9 Å². The van der Waals surface area contributed by atoms with E-state index in [1.54, 1.807) is 11.1 Å². The fraction of sp³-hybridized carbons (Fsp3) is 0.500. The van der Waals surface area contributed by atoms with Gasteiger partial charge in [0.2, 0.25) is 0 Å². The zero-order chi connectivity index (χ0) is 24.9. The molecule has 0 bridgehead atoms. The number of aliphatic hydroxyl groups excluding tert-OH is 2. The average Bonchev–Trinajstić information content (AvgIpc) is 2.79. The predicted molar refractivity (Wildman–Crippen MR) is 121 cm³/mol. The molecule has 2 heterocycles. The molecule has 0 aliphatic carbocycles. The van der Waals surface area contributed by atoms with Gasteiger partial charge in [-0.15, -0.1) is 0 Å². The fourth-order valence-corrected chi connectivity index (χ4v) is 5.04. The van der Waals surface area contributed by atoms with Gasteiger partial charge in [0.05, 0.1) is 11.5 Å². The number of carboxylic acids is 1. The number of aliphatic hydroxyl groups is 2. The average molecular weight is 480 g/mol. The Bertz CT molecular complexity index is 1040. The number of halogens is 2. The van der Waals surface area contributed by atoms with Crippen molar-refractivity contribution >= 4 is 5.97 Å². The van der Waals surface area contributed by atoms with E-state index >= 15 is 0 Å². The molecule has 3 rings (SSSR count). The van der Waals surface area contributed by atoms with Gasteiger partial charge in [-0.25, -0.2) is 8.78 Å². The van der Waals surface area contributed by atoms with Gasteiger partial charge >= 0.3 is 5.97 Å². The first-order valence-electron chi connectivity index (χ1n) is 11.3. The van der Waals surface area contributed by atoms with E-state index in [1.807, 2.05) is 0 Å². The molecule has 1 aromatic heterocycles. The smallest absolute Gasteiger partial charge is 0.311 e. The Morgan fingerprint density at radius 2 is 1.79 bits per heavy atom. The van der Waals surface area contributed by atoms with E-state index in [4.69, 9.17) is 10.8 Å². The molecule has 1 aliphatic heterocycles. The lowest BCUT2D eigenvalue weighted by atomic mass is 9.66. The Kier molecular flexibility index (Phi) is 8.53. The highest BCUT2D eigenvalue weighted by Gasteiger charge is 2.53. The molecule has 5 N–H and O–H groups in total. The summed E-state index contributed by atoms with van der Waals surface area (Å²) in [5.41, 5.74) is 4.78. The summed E-state index contributed by atoms with van der Waals surface area (Å²) in [7, 11) is 0. The molecule has 8 nitrogen and oxygen atoms in total. The minimum atomic E-state index is -1.46. The van der Waals surface area contributed by atoms with Crippen molar-refractivity contribution < 1.29 is 28.9 Å². The number of hydrogen-bond acceptors (Lipinski definition) is 6. The maximum Gasteiger partial charge on any atom is 0.311 e. The van der Waals surface area contributed by atoms with E-state index in [0.29, 0.717) is 12.0 Å². The molecule has 34 heavy (non-hydrogen) atoms. The van der Waals surface area contributed by atoms with Crippen LogP contribution in [-0.4, -0.2) is 56.6 Å². The number of carboxylic acid groups (broad SMARTS) is 1. The van der Waals surface area contributed by atoms with E-state index in [2.05, 4.69) is 0 Å². The van der Waals surface area contributed by atoms with Gasteiger partial charge < -0.3 is 25.6 Å². The Balaban J connectivity index is 2.16. The fourth-order valence-electron chi connectivity index (χ4n) is 5.04. The number of rotatable bonds is 10. The molecule has 1 aromatic carbocycles. The molecule has 0 amide bonds. The summed E-state index contributed by atoms with van der Waals surface area (Å²) in [5.74, 6) is -2.63. The van der Waals surface area contributed by atoms with E-state index in [1.165, 1.54) is 22.8 Å². The van der Waals surface area contributed by atoms with Gasteiger partial charge in [-0.3, -0.25) is 14.5 Å². The van der Waals surface area contributed by atoms with Crippen molar-refractivity contribution in [3.05, 3.63) is 69.6 Å². The number of likely N-dealkylation sites (tertiary alicyclic amines) is 1. The van der Waals surface area contributed by atoms with E-state index in [-0.39, 0.29) is 63.2 Å². The van der Waals surface area contributed by atoms with Gasteiger partial charge in [0.15, 0.2) is 0 Å². The lowest BCUT2D eigenvalue weighted by molar-refractivity contribution is -0.160.